The van der Waals surface area contributed by atoms with Gasteiger partial charge in [0, 0.05) is 14.3 Å². The van der Waals surface area contributed by atoms with Crippen molar-refractivity contribution in [3.8, 4) is 16.3 Å². The molecule has 3 nitrogen and oxygen atoms in total. The lowest BCUT2D eigenvalue weighted by Crippen LogP contribution is -1.93. The van der Waals surface area contributed by atoms with Crippen LogP contribution in [-0.2, 0) is 0 Å². The largest absolute Gasteiger partial charge is 0.497 e. The van der Waals surface area contributed by atoms with E-state index in [-0.39, 0.29) is 17.0 Å². The summed E-state index contributed by atoms with van der Waals surface area (Å²) in [5.41, 5.74) is 1.93. The number of aromatic nitrogens is 1. The number of hydrogen-bond acceptors (Lipinski definition) is 5. The first-order valence-electron chi connectivity index (χ1n) is 5.97. The molecule has 0 bridgehead atoms. The molecule has 0 aliphatic rings. The molecule has 0 atom stereocenters. The van der Waals surface area contributed by atoms with Crippen LogP contribution in [0.15, 0.2) is 44.0 Å². The van der Waals surface area contributed by atoms with Crippen LogP contribution in [0.25, 0.3) is 10.6 Å². The average molecular weight is 527 g/mol. The van der Waals surface area contributed by atoms with E-state index < -0.39 is 0 Å². The van der Waals surface area contributed by atoms with Crippen LogP contribution in [0.2, 0.25) is 0 Å². The van der Waals surface area contributed by atoms with Gasteiger partial charge in [-0.3, -0.25) is 0 Å². The number of halogens is 3. The van der Waals surface area contributed by atoms with Crippen LogP contribution < -0.4 is 10.1 Å². The van der Waals surface area contributed by atoms with E-state index in [4.69, 9.17) is 4.74 Å². The lowest BCUT2D eigenvalue weighted by Gasteiger charge is -2.10. The zero-order valence-corrected chi connectivity index (χ0v) is 17.8. The van der Waals surface area contributed by atoms with E-state index in [1.54, 1.807) is 29.8 Å². The van der Waals surface area contributed by atoms with Gasteiger partial charge in [-0.1, -0.05) is 6.07 Å². The monoisotopic (exact) mass is 524 g/mol. The molecule has 0 radical (unpaired) electrons. The van der Waals surface area contributed by atoms with E-state index in [1.807, 2.05) is 18.2 Å². The zero-order chi connectivity index (χ0) is 14.8. The molecule has 3 aromatic rings. The van der Waals surface area contributed by atoms with Crippen molar-refractivity contribution < 1.29 is 4.74 Å². The van der Waals surface area contributed by atoms with Crippen molar-refractivity contribution >= 4 is 82.3 Å². The Labute approximate surface area is 163 Å². The molecule has 2 heterocycles. The van der Waals surface area contributed by atoms with Gasteiger partial charge in [0.2, 0.25) is 0 Å². The minimum atomic E-state index is 0. The molecule has 0 aliphatic carbocycles. The Morgan fingerprint density at radius 1 is 1.18 bits per heavy atom. The minimum absolute atomic E-state index is 0. The molecule has 1 aromatic carbocycles. The van der Waals surface area contributed by atoms with Crippen molar-refractivity contribution in [2.45, 2.75) is 0 Å². The molecular formula is C14H11Br3N2OS2. The fraction of sp³-hybridized carbons (Fsp3) is 0.0714. The number of anilines is 2. The molecular weight excluding hydrogens is 516 g/mol. The molecule has 0 saturated carbocycles. The van der Waals surface area contributed by atoms with Crippen LogP contribution in [0.3, 0.4) is 0 Å². The zero-order valence-electron chi connectivity index (χ0n) is 11.3. The van der Waals surface area contributed by atoms with Crippen LogP contribution in [0.1, 0.15) is 0 Å². The van der Waals surface area contributed by atoms with E-state index in [0.29, 0.717) is 0 Å². The van der Waals surface area contributed by atoms with Crippen molar-refractivity contribution in [2.24, 2.45) is 0 Å². The molecule has 22 heavy (non-hydrogen) atoms. The Kier molecular flexibility index (Phi) is 6.46. The maximum Gasteiger partial charge on any atom is 0.187 e. The predicted octanol–water partition coefficient (Wildman–Crippen LogP) is 6.73. The Balaban J connectivity index is 0.00000176. The normalized spacial score (nSPS) is 10.1. The van der Waals surface area contributed by atoms with Crippen molar-refractivity contribution in [2.75, 3.05) is 12.4 Å². The SMILES string of the molecule is Br.COc1cc(Br)c(Nc2nc(-c3cccs3)cs2)c(Br)c1. The first kappa shape index (κ1) is 17.9. The highest BCUT2D eigenvalue weighted by molar-refractivity contribution is 9.11. The van der Waals surface area contributed by atoms with Crippen molar-refractivity contribution in [3.63, 3.8) is 0 Å². The molecule has 2 aromatic heterocycles. The fourth-order valence-corrected chi connectivity index (χ4v) is 4.58. The lowest BCUT2D eigenvalue weighted by atomic mass is 10.3. The van der Waals surface area contributed by atoms with Gasteiger partial charge in [0.1, 0.15) is 5.75 Å². The Morgan fingerprint density at radius 3 is 2.50 bits per heavy atom. The quantitative estimate of drug-likeness (QED) is 0.409. The van der Waals surface area contributed by atoms with Gasteiger partial charge in [-0.2, -0.15) is 0 Å². The third-order valence-corrected chi connectivity index (χ3v) is 5.66. The number of nitrogens with zero attached hydrogens (tertiary/aromatic N) is 1. The highest BCUT2D eigenvalue weighted by Gasteiger charge is 2.11. The maximum absolute atomic E-state index is 5.23. The number of benzene rings is 1. The van der Waals surface area contributed by atoms with Crippen molar-refractivity contribution in [1.82, 2.24) is 4.98 Å². The van der Waals surface area contributed by atoms with Crippen molar-refractivity contribution in [1.29, 1.82) is 0 Å². The summed E-state index contributed by atoms with van der Waals surface area (Å²) in [5, 5.41) is 8.30. The lowest BCUT2D eigenvalue weighted by molar-refractivity contribution is 0.414. The summed E-state index contributed by atoms with van der Waals surface area (Å²) >= 11 is 10.4. The first-order valence-corrected chi connectivity index (χ1v) is 9.31. The molecule has 0 unspecified atom stereocenters. The molecule has 0 fully saturated rings. The average Bonchev–Trinajstić information content (AvgIpc) is 3.13. The van der Waals surface area contributed by atoms with E-state index >= 15 is 0 Å². The number of thiazole rings is 1. The highest BCUT2D eigenvalue weighted by atomic mass is 79.9. The number of nitrogens with one attached hydrogen (secondary N) is 1. The predicted molar refractivity (Wildman–Crippen MR) is 107 cm³/mol. The Bertz CT molecular complexity index is 736. The van der Waals surface area contributed by atoms with Gasteiger partial charge in [0.15, 0.2) is 5.13 Å². The molecule has 116 valence electrons. The summed E-state index contributed by atoms with van der Waals surface area (Å²) < 4.78 is 7.07. The third kappa shape index (κ3) is 3.91. The van der Waals surface area contributed by atoms with Gasteiger partial charge in [-0.05, 0) is 55.4 Å². The smallest absolute Gasteiger partial charge is 0.187 e. The molecule has 8 heteroatoms. The number of thiophene rings is 1. The molecule has 1 N–H and O–H groups in total. The minimum Gasteiger partial charge on any atom is -0.497 e. The molecule has 3 rings (SSSR count). The van der Waals surface area contributed by atoms with Gasteiger partial charge >= 0.3 is 0 Å². The number of ether oxygens (including phenoxy) is 1. The summed E-state index contributed by atoms with van der Waals surface area (Å²) in [6, 6.07) is 7.94. The van der Waals surface area contributed by atoms with Gasteiger partial charge < -0.3 is 10.1 Å². The molecule has 0 aliphatic heterocycles. The molecule has 0 spiro atoms. The first-order chi connectivity index (χ1) is 10.2. The number of hydrogen-bond donors (Lipinski definition) is 1. The van der Waals surface area contributed by atoms with Crippen LogP contribution in [0, 0.1) is 0 Å². The highest BCUT2D eigenvalue weighted by Crippen LogP contribution is 2.38. The van der Waals surface area contributed by atoms with E-state index in [0.717, 1.165) is 31.2 Å². The van der Waals surface area contributed by atoms with Gasteiger partial charge in [0.25, 0.3) is 0 Å². The Morgan fingerprint density at radius 2 is 1.91 bits per heavy atom. The van der Waals surface area contributed by atoms with Crippen LogP contribution >= 0.6 is 71.5 Å². The number of methoxy groups -OCH3 is 1. The second-order valence-corrected chi connectivity index (χ2v) is 7.62. The second-order valence-electron chi connectivity index (χ2n) is 4.11. The van der Waals surface area contributed by atoms with Crippen molar-refractivity contribution in [3.05, 3.63) is 44.0 Å². The van der Waals surface area contributed by atoms with E-state index in [9.17, 15) is 0 Å². The van der Waals surface area contributed by atoms with E-state index in [2.05, 4.69) is 59.0 Å². The van der Waals surface area contributed by atoms with Crippen LogP contribution in [0.5, 0.6) is 5.75 Å². The van der Waals surface area contributed by atoms with E-state index in [1.165, 1.54) is 4.88 Å². The summed E-state index contributed by atoms with van der Waals surface area (Å²) in [6.07, 6.45) is 0. The second kappa shape index (κ2) is 7.92. The summed E-state index contributed by atoms with van der Waals surface area (Å²) in [4.78, 5) is 5.79. The summed E-state index contributed by atoms with van der Waals surface area (Å²) in [5.74, 6) is 0.790. The topological polar surface area (TPSA) is 34.1 Å². The molecule has 0 amide bonds. The van der Waals surface area contributed by atoms with Crippen LogP contribution in [0.4, 0.5) is 10.8 Å². The fourth-order valence-electron chi connectivity index (χ4n) is 1.76. The third-order valence-electron chi connectivity index (χ3n) is 2.76. The van der Waals surface area contributed by atoms with Gasteiger partial charge in [0.05, 0.1) is 23.4 Å². The van der Waals surface area contributed by atoms with Gasteiger partial charge in [-0.25, -0.2) is 4.98 Å². The van der Waals surface area contributed by atoms with Gasteiger partial charge in [-0.15, -0.1) is 39.7 Å². The molecule has 0 saturated heterocycles. The summed E-state index contributed by atoms with van der Waals surface area (Å²) in [6.45, 7) is 0. The van der Waals surface area contributed by atoms with Crippen LogP contribution in [-0.4, -0.2) is 12.1 Å². The Hall–Kier alpha value is -0.410. The maximum atomic E-state index is 5.23. The standard InChI is InChI=1S/C14H10Br2N2OS2.BrH/c1-19-8-5-9(15)13(10(16)6-8)18-14-17-11(7-21-14)12-3-2-4-20-12;/h2-7H,1H3,(H,17,18);1H. The summed E-state index contributed by atoms with van der Waals surface area (Å²) in [7, 11) is 1.65. The number of rotatable bonds is 4.